The fraction of sp³-hybridized carbons (Fsp3) is 0.208. The van der Waals surface area contributed by atoms with Gasteiger partial charge in [-0.2, -0.15) is 13.2 Å². The van der Waals surface area contributed by atoms with Crippen LogP contribution in [0.3, 0.4) is 0 Å². The Labute approximate surface area is 202 Å². The van der Waals surface area contributed by atoms with Crippen LogP contribution in [0.25, 0.3) is 21.0 Å². The quantitative estimate of drug-likeness (QED) is 0.272. The van der Waals surface area contributed by atoms with Gasteiger partial charge in [-0.05, 0) is 36.1 Å². The number of carboxylic acids is 1. The number of anilines is 2. The van der Waals surface area contributed by atoms with E-state index in [-0.39, 0.29) is 5.82 Å². The van der Waals surface area contributed by atoms with Crippen molar-refractivity contribution in [3.05, 3.63) is 70.7 Å². The van der Waals surface area contributed by atoms with E-state index in [0.29, 0.717) is 23.3 Å². The summed E-state index contributed by atoms with van der Waals surface area (Å²) in [6.07, 6.45) is -3.33. The van der Waals surface area contributed by atoms with Crippen LogP contribution in [0, 0.1) is 5.92 Å². The normalized spacial score (nSPS) is 11.7. The minimum Gasteiger partial charge on any atom is -0.478 e. The molecule has 0 aliphatic rings. The fourth-order valence-electron chi connectivity index (χ4n) is 3.31. The molecule has 2 N–H and O–H groups in total. The third-order valence-electron chi connectivity index (χ3n) is 4.86. The Morgan fingerprint density at radius 2 is 1.79 bits per heavy atom. The zero-order valence-corrected chi connectivity index (χ0v) is 19.8. The molecule has 0 fully saturated rings. The van der Waals surface area contributed by atoms with E-state index in [1.165, 1.54) is 11.3 Å². The third-order valence-corrected chi connectivity index (χ3v) is 6.99. The van der Waals surface area contributed by atoms with Crippen LogP contribution in [0.15, 0.2) is 54.7 Å². The number of aromatic nitrogens is 2. The maximum atomic E-state index is 13.0. The molecule has 176 valence electrons. The zero-order chi connectivity index (χ0) is 24.5. The van der Waals surface area contributed by atoms with Crippen LogP contribution < -0.4 is 5.32 Å². The largest absolute Gasteiger partial charge is 0.478 e. The van der Waals surface area contributed by atoms with Crippen LogP contribution in [0.1, 0.15) is 34.6 Å². The van der Waals surface area contributed by atoms with Crippen molar-refractivity contribution < 1.29 is 23.1 Å². The van der Waals surface area contributed by atoms with Crippen molar-refractivity contribution in [1.82, 2.24) is 9.97 Å². The van der Waals surface area contributed by atoms with Crippen molar-refractivity contribution in [3.8, 4) is 21.0 Å². The average molecular weight is 504 g/mol. The number of alkyl halides is 3. The second-order valence-electron chi connectivity index (χ2n) is 7.97. The second kappa shape index (κ2) is 9.55. The molecule has 5 nitrogen and oxygen atoms in total. The molecule has 0 bridgehead atoms. The van der Waals surface area contributed by atoms with Crippen LogP contribution in [0.5, 0.6) is 0 Å². The number of thiophene rings is 1. The van der Waals surface area contributed by atoms with Crippen molar-refractivity contribution in [3.63, 3.8) is 0 Å². The number of rotatable bonds is 7. The van der Waals surface area contributed by atoms with Crippen LogP contribution in [0.4, 0.5) is 24.1 Å². The molecular weight excluding hydrogens is 483 g/mol. The monoisotopic (exact) mass is 503 g/mol. The molecule has 0 radical (unpaired) electrons. The van der Waals surface area contributed by atoms with Gasteiger partial charge in [0.2, 0.25) is 0 Å². The molecule has 0 atom stereocenters. The molecule has 0 unspecified atom stereocenters. The molecule has 3 heterocycles. The fourth-order valence-corrected chi connectivity index (χ4v) is 5.59. The lowest BCUT2D eigenvalue weighted by atomic mass is 10.1. The highest BCUT2D eigenvalue weighted by Gasteiger charge is 2.32. The standard InChI is InChI=1S/C24H20F3N3O2S2/c1-13(2)10-19-20(18-9-8-17(33-18)14-6-4-3-5-7-14)29-23(34-19)30-21-16(22(31)32)11-15(12-28-21)24(25,26)27/h3-9,11-13H,10H2,1-2H3,(H,31,32)(H,28,29,30). The van der Waals surface area contributed by atoms with Gasteiger partial charge < -0.3 is 10.4 Å². The Kier molecular flexibility index (Phi) is 6.72. The van der Waals surface area contributed by atoms with Gasteiger partial charge in [-0.15, -0.1) is 22.7 Å². The van der Waals surface area contributed by atoms with Crippen LogP contribution in [-0.2, 0) is 12.6 Å². The summed E-state index contributed by atoms with van der Waals surface area (Å²) in [5.74, 6) is -1.35. The Morgan fingerprint density at radius 1 is 1.09 bits per heavy atom. The number of benzene rings is 1. The number of nitrogens with zero attached hydrogens (tertiary/aromatic N) is 2. The summed E-state index contributed by atoms with van der Waals surface area (Å²) in [7, 11) is 0. The van der Waals surface area contributed by atoms with E-state index >= 15 is 0 Å². The van der Waals surface area contributed by atoms with Gasteiger partial charge in [-0.3, -0.25) is 0 Å². The van der Waals surface area contributed by atoms with Crippen LogP contribution >= 0.6 is 22.7 Å². The highest BCUT2D eigenvalue weighted by Crippen LogP contribution is 2.40. The van der Waals surface area contributed by atoms with Crippen LogP contribution in [0.2, 0.25) is 0 Å². The van der Waals surface area contributed by atoms with E-state index < -0.39 is 23.3 Å². The van der Waals surface area contributed by atoms with Crippen molar-refractivity contribution in [2.75, 3.05) is 5.32 Å². The number of hydrogen-bond acceptors (Lipinski definition) is 6. The van der Waals surface area contributed by atoms with Gasteiger partial charge in [0.1, 0.15) is 11.4 Å². The van der Waals surface area contributed by atoms with Gasteiger partial charge in [-0.25, -0.2) is 14.8 Å². The first kappa shape index (κ1) is 23.9. The van der Waals surface area contributed by atoms with Crippen molar-refractivity contribution in [2.45, 2.75) is 26.4 Å². The minimum atomic E-state index is -4.69. The lowest BCUT2D eigenvalue weighted by Crippen LogP contribution is -2.11. The van der Waals surface area contributed by atoms with E-state index in [1.807, 2.05) is 42.5 Å². The minimum absolute atomic E-state index is 0.187. The smallest absolute Gasteiger partial charge is 0.417 e. The number of carbonyl (C=O) groups is 1. The van der Waals surface area contributed by atoms with Gasteiger partial charge in [0.05, 0.1) is 16.1 Å². The van der Waals surface area contributed by atoms with E-state index in [1.54, 1.807) is 11.3 Å². The Bertz CT molecular complexity index is 1310. The molecule has 3 aromatic heterocycles. The van der Waals surface area contributed by atoms with Gasteiger partial charge in [0, 0.05) is 16.0 Å². The van der Waals surface area contributed by atoms with E-state index in [4.69, 9.17) is 0 Å². The van der Waals surface area contributed by atoms with Gasteiger partial charge in [-0.1, -0.05) is 44.2 Å². The molecule has 0 spiro atoms. The molecule has 1 aromatic carbocycles. The van der Waals surface area contributed by atoms with E-state index in [2.05, 4.69) is 29.1 Å². The summed E-state index contributed by atoms with van der Waals surface area (Å²) in [6, 6.07) is 14.6. The molecule has 4 rings (SSSR count). The first-order valence-corrected chi connectivity index (χ1v) is 12.0. The number of halogens is 3. The second-order valence-corrected chi connectivity index (χ2v) is 10.1. The van der Waals surface area contributed by atoms with Gasteiger partial charge >= 0.3 is 12.1 Å². The van der Waals surface area contributed by atoms with Crippen LogP contribution in [-0.4, -0.2) is 21.0 Å². The average Bonchev–Trinajstić information content (AvgIpc) is 3.40. The number of nitrogens with one attached hydrogen (secondary N) is 1. The molecule has 4 aromatic rings. The number of carboxylic acid groups (broad SMARTS) is 1. The highest BCUT2D eigenvalue weighted by atomic mass is 32.1. The van der Waals surface area contributed by atoms with Gasteiger partial charge in [0.25, 0.3) is 0 Å². The molecule has 0 saturated heterocycles. The first-order chi connectivity index (χ1) is 16.1. The number of aromatic carboxylic acids is 1. The zero-order valence-electron chi connectivity index (χ0n) is 18.2. The Morgan fingerprint density at radius 3 is 2.44 bits per heavy atom. The van der Waals surface area contributed by atoms with Gasteiger partial charge in [0.15, 0.2) is 5.13 Å². The van der Waals surface area contributed by atoms with E-state index in [9.17, 15) is 23.1 Å². The summed E-state index contributed by atoms with van der Waals surface area (Å²) < 4.78 is 39.1. The molecular formula is C24H20F3N3O2S2. The molecule has 0 saturated carbocycles. The maximum absolute atomic E-state index is 13.0. The third kappa shape index (κ3) is 5.28. The van der Waals surface area contributed by atoms with Crippen molar-refractivity contribution in [2.24, 2.45) is 5.92 Å². The summed E-state index contributed by atoms with van der Waals surface area (Å²) in [5.41, 5.74) is 0.178. The Balaban J connectivity index is 1.70. The molecule has 0 amide bonds. The summed E-state index contributed by atoms with van der Waals surface area (Å²) in [6.45, 7) is 4.17. The summed E-state index contributed by atoms with van der Waals surface area (Å²) >= 11 is 2.94. The van der Waals surface area contributed by atoms with Crippen molar-refractivity contribution in [1.29, 1.82) is 0 Å². The number of thiazole rings is 1. The SMILES string of the molecule is CC(C)Cc1sc(Nc2ncc(C(F)(F)F)cc2C(=O)O)nc1-c1ccc(-c2ccccc2)s1. The summed E-state index contributed by atoms with van der Waals surface area (Å²) in [5, 5.41) is 12.6. The van der Waals surface area contributed by atoms with E-state index in [0.717, 1.165) is 32.3 Å². The Hall–Kier alpha value is -3.24. The van der Waals surface area contributed by atoms with Crippen molar-refractivity contribution >= 4 is 39.6 Å². The first-order valence-electron chi connectivity index (χ1n) is 10.3. The molecule has 34 heavy (non-hydrogen) atoms. The maximum Gasteiger partial charge on any atom is 0.417 e. The predicted octanol–water partition coefficient (Wildman–Crippen LogP) is 7.59. The lowest BCUT2D eigenvalue weighted by Gasteiger charge is -2.10. The molecule has 0 aliphatic heterocycles. The number of hydrogen-bond donors (Lipinski definition) is 2. The molecule has 10 heteroatoms. The number of pyridine rings is 1. The summed E-state index contributed by atoms with van der Waals surface area (Å²) in [4.78, 5) is 23.1. The topological polar surface area (TPSA) is 75.1 Å². The molecule has 0 aliphatic carbocycles. The lowest BCUT2D eigenvalue weighted by molar-refractivity contribution is -0.137. The predicted molar refractivity (Wildman–Crippen MR) is 129 cm³/mol. The highest BCUT2D eigenvalue weighted by molar-refractivity contribution is 7.20.